The molecule has 0 radical (unpaired) electrons. The van der Waals surface area contributed by atoms with Crippen molar-refractivity contribution >= 4 is 78.8 Å². The van der Waals surface area contributed by atoms with Crippen LogP contribution in [0.5, 0.6) is 23.0 Å². The van der Waals surface area contributed by atoms with Crippen LogP contribution >= 0.6 is 23.1 Å². The van der Waals surface area contributed by atoms with E-state index in [2.05, 4.69) is 133 Å². The molecular formula is C38H27NO2S2Si. The van der Waals surface area contributed by atoms with Crippen molar-refractivity contribution in [2.24, 2.45) is 0 Å². The molecule has 6 aromatic carbocycles. The monoisotopic (exact) mass is 621 g/mol. The van der Waals surface area contributed by atoms with Gasteiger partial charge in [-0.15, -0.1) is 11.3 Å². The zero-order valence-electron chi connectivity index (χ0n) is 24.2. The summed E-state index contributed by atoms with van der Waals surface area (Å²) in [4.78, 5) is 4.62. The van der Waals surface area contributed by atoms with E-state index in [0.717, 1.165) is 49.9 Å². The highest BCUT2D eigenvalue weighted by Crippen LogP contribution is 2.55. The van der Waals surface area contributed by atoms with E-state index in [1.165, 1.54) is 30.5 Å². The zero-order valence-corrected chi connectivity index (χ0v) is 26.8. The summed E-state index contributed by atoms with van der Waals surface area (Å²) in [7, 11) is -2.05. The first-order valence-corrected chi connectivity index (χ1v) is 19.4. The summed E-state index contributed by atoms with van der Waals surface area (Å²) in [5.41, 5.74) is 3.24. The molecule has 0 saturated heterocycles. The molecule has 0 unspecified atom stereocenters. The van der Waals surface area contributed by atoms with Crippen LogP contribution in [-0.4, -0.2) is 8.07 Å². The quantitative estimate of drug-likeness (QED) is 0.183. The molecule has 212 valence electrons. The van der Waals surface area contributed by atoms with E-state index in [0.29, 0.717) is 0 Å². The van der Waals surface area contributed by atoms with Gasteiger partial charge in [0.2, 0.25) is 0 Å². The average Bonchev–Trinajstić information content (AvgIpc) is 3.44. The van der Waals surface area contributed by atoms with Crippen molar-refractivity contribution in [1.29, 1.82) is 0 Å². The molecule has 0 aliphatic carbocycles. The zero-order chi connectivity index (χ0) is 29.4. The first-order valence-electron chi connectivity index (χ1n) is 14.8. The van der Waals surface area contributed by atoms with Gasteiger partial charge in [-0.05, 0) is 58.9 Å². The molecule has 3 heterocycles. The third kappa shape index (κ3) is 3.81. The minimum atomic E-state index is -2.05. The molecule has 0 spiro atoms. The van der Waals surface area contributed by atoms with Crippen molar-refractivity contribution in [2.75, 3.05) is 4.90 Å². The first kappa shape index (κ1) is 26.0. The smallest absolute Gasteiger partial charge is 0.151 e. The van der Waals surface area contributed by atoms with Crippen molar-refractivity contribution in [3.8, 4) is 23.0 Å². The van der Waals surface area contributed by atoms with E-state index in [9.17, 15) is 0 Å². The SMILES string of the molecule is C[Si]1(C)c2ccccc2Oc2c(N(c3cccc4c3Sc3ccccc3O4)c3cccc4c3sc3ccccc34)cccc21. The Balaban J connectivity index is 1.34. The number of hydrogen-bond donors (Lipinski definition) is 0. The lowest BCUT2D eigenvalue weighted by Gasteiger charge is -2.37. The molecule has 3 nitrogen and oxygen atoms in total. The average molecular weight is 622 g/mol. The summed E-state index contributed by atoms with van der Waals surface area (Å²) in [5, 5.41) is 5.18. The molecule has 0 N–H and O–H groups in total. The maximum atomic E-state index is 6.90. The summed E-state index contributed by atoms with van der Waals surface area (Å²) in [6.45, 7) is 4.86. The van der Waals surface area contributed by atoms with Gasteiger partial charge in [-0.3, -0.25) is 0 Å². The van der Waals surface area contributed by atoms with Gasteiger partial charge in [0, 0.05) is 15.5 Å². The molecule has 1 aromatic heterocycles. The summed E-state index contributed by atoms with van der Waals surface area (Å²) in [6.07, 6.45) is 0. The molecule has 2 aliphatic heterocycles. The maximum absolute atomic E-state index is 6.90. The molecule has 0 saturated carbocycles. The van der Waals surface area contributed by atoms with Crippen molar-refractivity contribution in [3.63, 3.8) is 0 Å². The van der Waals surface area contributed by atoms with Crippen LogP contribution in [0, 0.1) is 0 Å². The highest BCUT2D eigenvalue weighted by Gasteiger charge is 2.39. The Bertz CT molecular complexity index is 2270. The van der Waals surface area contributed by atoms with Crippen molar-refractivity contribution in [3.05, 3.63) is 127 Å². The third-order valence-corrected chi connectivity index (χ3v) is 14.7. The van der Waals surface area contributed by atoms with Crippen LogP contribution in [0.25, 0.3) is 20.2 Å². The number of ether oxygens (including phenoxy) is 2. The van der Waals surface area contributed by atoms with Gasteiger partial charge in [0.15, 0.2) is 5.75 Å². The molecule has 0 atom stereocenters. The molecule has 0 fully saturated rings. The fourth-order valence-electron chi connectivity index (χ4n) is 6.64. The largest absolute Gasteiger partial charge is 0.455 e. The minimum Gasteiger partial charge on any atom is -0.455 e. The molecule has 0 amide bonds. The third-order valence-electron chi connectivity index (χ3n) is 8.79. The molecule has 6 heteroatoms. The van der Waals surface area contributed by atoms with Gasteiger partial charge >= 0.3 is 0 Å². The van der Waals surface area contributed by atoms with Crippen LogP contribution in [0.3, 0.4) is 0 Å². The van der Waals surface area contributed by atoms with Crippen molar-refractivity contribution in [2.45, 2.75) is 22.9 Å². The lowest BCUT2D eigenvalue weighted by atomic mass is 10.1. The molecule has 0 bridgehead atoms. The Labute approximate surface area is 265 Å². The van der Waals surface area contributed by atoms with E-state index >= 15 is 0 Å². The second-order valence-electron chi connectivity index (χ2n) is 11.7. The highest BCUT2D eigenvalue weighted by molar-refractivity contribution is 7.99. The summed E-state index contributed by atoms with van der Waals surface area (Å²) in [6, 6.07) is 45.3. The topological polar surface area (TPSA) is 21.7 Å². The van der Waals surface area contributed by atoms with Gasteiger partial charge in [0.25, 0.3) is 0 Å². The van der Waals surface area contributed by atoms with Gasteiger partial charge < -0.3 is 14.4 Å². The predicted octanol–water partition coefficient (Wildman–Crippen LogP) is 10.7. The van der Waals surface area contributed by atoms with Crippen molar-refractivity contribution < 1.29 is 9.47 Å². The number of thiophene rings is 1. The Morgan fingerprint density at radius 1 is 0.545 bits per heavy atom. The number of benzene rings is 6. The van der Waals surface area contributed by atoms with Gasteiger partial charge in [-0.25, -0.2) is 0 Å². The Kier molecular flexibility index (Phi) is 5.76. The van der Waals surface area contributed by atoms with E-state index < -0.39 is 8.07 Å². The summed E-state index contributed by atoms with van der Waals surface area (Å²) < 4.78 is 15.9. The Morgan fingerprint density at radius 3 is 2.14 bits per heavy atom. The van der Waals surface area contributed by atoms with Crippen molar-refractivity contribution in [1.82, 2.24) is 0 Å². The van der Waals surface area contributed by atoms with Crippen LogP contribution in [0.4, 0.5) is 17.1 Å². The summed E-state index contributed by atoms with van der Waals surface area (Å²) in [5.74, 6) is 3.67. The fourth-order valence-corrected chi connectivity index (χ4v) is 11.7. The van der Waals surface area contributed by atoms with Crippen LogP contribution in [0.1, 0.15) is 0 Å². The standard InChI is InChI=1S/C38H27NO2S2Si/c1-44(2)34-22-8-5-18-30(34)41-36-26(14-11-23-35(36)44)39(27-15-9-13-25-24-12-3-6-20-32(24)42-37(25)27)28-16-10-19-31-38(28)43-33-21-7-4-17-29(33)40-31/h3-23H,1-2H3. The van der Waals surface area contributed by atoms with E-state index in [1.807, 2.05) is 23.5 Å². The highest BCUT2D eigenvalue weighted by atomic mass is 32.2. The second-order valence-corrected chi connectivity index (χ2v) is 18.2. The fraction of sp³-hybridized carbons (Fsp3) is 0.0526. The summed E-state index contributed by atoms with van der Waals surface area (Å²) >= 11 is 3.61. The first-order chi connectivity index (χ1) is 21.6. The maximum Gasteiger partial charge on any atom is 0.151 e. The number of para-hydroxylation sites is 3. The Morgan fingerprint density at radius 2 is 1.20 bits per heavy atom. The predicted molar refractivity (Wildman–Crippen MR) is 188 cm³/mol. The van der Waals surface area contributed by atoms with E-state index in [4.69, 9.17) is 9.47 Å². The number of anilines is 3. The minimum absolute atomic E-state index is 0.866. The number of fused-ring (bicyclic) bond motifs is 7. The molecule has 7 aromatic rings. The number of rotatable bonds is 3. The van der Waals surface area contributed by atoms with Crippen LogP contribution < -0.4 is 24.7 Å². The van der Waals surface area contributed by atoms with Gasteiger partial charge in [0.05, 0.1) is 31.6 Å². The molecule has 44 heavy (non-hydrogen) atoms. The molecule has 2 aliphatic rings. The lowest BCUT2D eigenvalue weighted by Crippen LogP contribution is -2.56. The van der Waals surface area contributed by atoms with Gasteiger partial charge in [0.1, 0.15) is 25.3 Å². The van der Waals surface area contributed by atoms with Crippen LogP contribution in [0.2, 0.25) is 13.1 Å². The van der Waals surface area contributed by atoms with E-state index in [1.54, 1.807) is 11.8 Å². The van der Waals surface area contributed by atoms with Gasteiger partial charge in [-0.1, -0.05) is 104 Å². The number of nitrogens with zero attached hydrogens (tertiary/aromatic N) is 1. The lowest BCUT2D eigenvalue weighted by molar-refractivity contribution is 0.455. The normalized spacial score (nSPS) is 14.1. The van der Waals surface area contributed by atoms with Gasteiger partial charge in [-0.2, -0.15) is 0 Å². The number of hydrogen-bond acceptors (Lipinski definition) is 5. The Hall–Kier alpha value is -4.49. The van der Waals surface area contributed by atoms with E-state index in [-0.39, 0.29) is 0 Å². The molecule has 9 rings (SSSR count). The molecular weight excluding hydrogens is 595 g/mol. The van der Waals surface area contributed by atoms with Crippen LogP contribution in [0.15, 0.2) is 137 Å². The second kappa shape index (κ2) is 9.76. The van der Waals surface area contributed by atoms with Crippen LogP contribution in [-0.2, 0) is 0 Å².